The number of hydrogen-bond donors (Lipinski definition) is 0. The molecule has 0 amide bonds. The standard InChI is InChI=1S/C10H12F10O2.CF4.4CH4.O2S/c1-6(11,12)9(17,18)10(19,20)7(2,13)22-4-3-21-5-8(14,15)16;2-1(3,4)5;;;;;1-3-2/h3-5H2,1-2H3;;4*1H4;. The van der Waals surface area contributed by atoms with Crippen LogP contribution in [-0.4, -0.2) is 64.5 Å². The van der Waals surface area contributed by atoms with Gasteiger partial charge in [-0.2, -0.15) is 47.9 Å². The van der Waals surface area contributed by atoms with Gasteiger partial charge >= 0.3 is 41.9 Å². The van der Waals surface area contributed by atoms with E-state index in [9.17, 15) is 61.5 Å². The lowest BCUT2D eigenvalue weighted by Gasteiger charge is -2.37. The van der Waals surface area contributed by atoms with Crippen LogP contribution in [0.1, 0.15) is 43.6 Å². The van der Waals surface area contributed by atoms with E-state index in [1.54, 1.807) is 0 Å². The van der Waals surface area contributed by atoms with Gasteiger partial charge in [-0.1, -0.05) is 29.7 Å². The molecule has 0 aliphatic heterocycles. The molecule has 0 aromatic rings. The van der Waals surface area contributed by atoms with Gasteiger partial charge in [0.15, 0.2) is 0 Å². The molecule has 0 radical (unpaired) electrons. The number of hydrogen-bond acceptors (Lipinski definition) is 4. The Bertz CT molecular complexity index is 519. The second-order valence-corrected chi connectivity index (χ2v) is 5.10. The third-order valence-electron chi connectivity index (χ3n) is 2.37. The maximum absolute atomic E-state index is 13.5. The fourth-order valence-corrected chi connectivity index (χ4v) is 1.13. The first-order valence-corrected chi connectivity index (χ1v) is 7.32. The average molecular weight is 570 g/mol. The van der Waals surface area contributed by atoms with Crippen LogP contribution >= 0.6 is 0 Å². The summed E-state index contributed by atoms with van der Waals surface area (Å²) in [5.74, 6) is -21.9. The first-order valence-electron chi connectivity index (χ1n) is 6.65. The highest BCUT2D eigenvalue weighted by atomic mass is 32.1. The van der Waals surface area contributed by atoms with Crippen LogP contribution in [0.15, 0.2) is 0 Å². The molecule has 19 heteroatoms. The predicted molar refractivity (Wildman–Crippen MR) is 95.9 cm³/mol. The molecule has 0 saturated heterocycles. The Labute approximate surface area is 191 Å². The summed E-state index contributed by atoms with van der Waals surface area (Å²) in [7, 11) is 0. The number of alkyl halides is 14. The van der Waals surface area contributed by atoms with Gasteiger partial charge in [-0.3, -0.25) is 0 Å². The van der Waals surface area contributed by atoms with Crippen LogP contribution in [0.25, 0.3) is 0 Å². The Morgan fingerprint density at radius 1 is 0.618 bits per heavy atom. The smallest absolute Gasteiger partial charge is 0.370 e. The number of ether oxygens (including phenoxy) is 2. The van der Waals surface area contributed by atoms with Crippen molar-refractivity contribution in [2.45, 2.75) is 79.8 Å². The van der Waals surface area contributed by atoms with Crippen molar-refractivity contribution in [2.75, 3.05) is 19.8 Å². The van der Waals surface area contributed by atoms with E-state index in [0.717, 1.165) is 0 Å². The topological polar surface area (TPSA) is 52.6 Å². The van der Waals surface area contributed by atoms with Crippen LogP contribution in [0.2, 0.25) is 0 Å². The van der Waals surface area contributed by atoms with Crippen molar-refractivity contribution in [1.82, 2.24) is 0 Å². The molecule has 34 heavy (non-hydrogen) atoms. The van der Waals surface area contributed by atoms with E-state index >= 15 is 0 Å². The summed E-state index contributed by atoms with van der Waals surface area (Å²) in [6.45, 7) is -4.94. The summed E-state index contributed by atoms with van der Waals surface area (Å²) in [5.41, 5.74) is 0. The zero-order valence-corrected chi connectivity index (χ0v) is 15.3. The van der Waals surface area contributed by atoms with Crippen LogP contribution in [0.3, 0.4) is 0 Å². The summed E-state index contributed by atoms with van der Waals surface area (Å²) in [6, 6.07) is 0. The van der Waals surface area contributed by atoms with Crippen molar-refractivity contribution in [1.29, 1.82) is 0 Å². The van der Waals surface area contributed by atoms with E-state index in [1.165, 1.54) is 0 Å². The Kier molecular flexibility index (Phi) is 26.5. The van der Waals surface area contributed by atoms with E-state index in [1.807, 2.05) is 0 Å². The fourth-order valence-electron chi connectivity index (χ4n) is 1.13. The quantitative estimate of drug-likeness (QED) is 0.224. The molecule has 216 valence electrons. The molecule has 0 fully saturated rings. The Hall–Kier alpha value is -1.24. The highest BCUT2D eigenvalue weighted by Gasteiger charge is 2.77. The molecule has 0 aliphatic rings. The Balaban J connectivity index is -0.000000105. The van der Waals surface area contributed by atoms with Crippen LogP contribution in [0, 0.1) is 0 Å². The third kappa shape index (κ3) is 21.3. The highest BCUT2D eigenvalue weighted by molar-refractivity contribution is 7.51. The average Bonchev–Trinajstić information content (AvgIpc) is 2.42. The molecule has 0 aromatic carbocycles. The van der Waals surface area contributed by atoms with Gasteiger partial charge in [0, 0.05) is 13.8 Å². The molecule has 0 aromatic heterocycles. The minimum atomic E-state index is -6.09. The molecule has 0 spiro atoms. The molecule has 0 rings (SSSR count). The van der Waals surface area contributed by atoms with Gasteiger partial charge in [0.2, 0.25) is 0 Å². The summed E-state index contributed by atoms with van der Waals surface area (Å²) < 4.78 is 189. The predicted octanol–water partition coefficient (Wildman–Crippen LogP) is 7.54. The molecule has 0 N–H and O–H groups in total. The lowest BCUT2D eigenvalue weighted by molar-refractivity contribution is -0.383. The van der Waals surface area contributed by atoms with Crippen molar-refractivity contribution >= 4 is 11.6 Å². The number of halogens is 14. The molecule has 0 bridgehead atoms. The molecular formula is C15H28F14O4S. The van der Waals surface area contributed by atoms with Gasteiger partial charge in [-0.15, -0.1) is 17.6 Å². The monoisotopic (exact) mass is 570 g/mol. The molecule has 0 aliphatic carbocycles. The van der Waals surface area contributed by atoms with Crippen LogP contribution in [0.4, 0.5) is 61.5 Å². The van der Waals surface area contributed by atoms with E-state index < -0.39 is 74.5 Å². The van der Waals surface area contributed by atoms with Gasteiger partial charge in [-0.05, 0) is 0 Å². The second kappa shape index (κ2) is 18.1. The fraction of sp³-hybridized carbons (Fsp3) is 1.00. The van der Waals surface area contributed by atoms with Gasteiger partial charge in [-0.25, -0.2) is 4.39 Å². The van der Waals surface area contributed by atoms with Crippen molar-refractivity contribution in [3.05, 3.63) is 0 Å². The summed E-state index contributed by atoms with van der Waals surface area (Å²) in [4.78, 5) is 0. The van der Waals surface area contributed by atoms with E-state index in [-0.39, 0.29) is 36.6 Å². The minimum Gasteiger partial charge on any atom is -0.370 e. The first-order chi connectivity index (χ1) is 12.9. The first kappa shape index (κ1) is 49.8. The summed E-state index contributed by atoms with van der Waals surface area (Å²) in [5, 5.41) is 0. The lowest BCUT2D eigenvalue weighted by Crippen LogP contribution is -2.62. The molecule has 4 nitrogen and oxygen atoms in total. The molecular weight excluding hydrogens is 542 g/mol. The Morgan fingerprint density at radius 2 is 0.912 bits per heavy atom. The van der Waals surface area contributed by atoms with Crippen molar-refractivity contribution < 1.29 is 79.4 Å². The molecule has 0 heterocycles. The molecule has 0 saturated carbocycles. The molecule has 1 atom stereocenters. The lowest BCUT2D eigenvalue weighted by atomic mass is 10.00. The van der Waals surface area contributed by atoms with Crippen LogP contribution in [-0.2, 0) is 21.0 Å². The zero-order chi connectivity index (χ0) is 25.2. The molecule has 1 unspecified atom stereocenters. The van der Waals surface area contributed by atoms with Gasteiger partial charge in [0.25, 0.3) is 5.85 Å². The maximum atomic E-state index is 13.5. The second-order valence-electron chi connectivity index (χ2n) is 4.97. The third-order valence-corrected chi connectivity index (χ3v) is 2.37. The number of rotatable bonds is 8. The van der Waals surface area contributed by atoms with Crippen LogP contribution in [0.5, 0.6) is 0 Å². The van der Waals surface area contributed by atoms with Crippen molar-refractivity contribution in [3.8, 4) is 0 Å². The maximum Gasteiger partial charge on any atom is 0.559 e. The van der Waals surface area contributed by atoms with Gasteiger partial charge < -0.3 is 9.47 Å². The van der Waals surface area contributed by atoms with Gasteiger partial charge in [0.1, 0.15) is 6.61 Å². The Morgan fingerprint density at radius 3 is 1.15 bits per heavy atom. The normalized spacial score (nSPS) is 13.4. The van der Waals surface area contributed by atoms with Crippen LogP contribution < -0.4 is 0 Å². The van der Waals surface area contributed by atoms with Gasteiger partial charge in [0.05, 0.1) is 13.2 Å². The highest BCUT2D eigenvalue weighted by Crippen LogP contribution is 2.51. The SMILES string of the molecule is C.C.C.C.CC(F)(F)C(F)(F)C(F)(F)C(C)(F)OCCOCC(F)(F)F.FC(F)(F)F.O=S=O. The van der Waals surface area contributed by atoms with E-state index in [2.05, 4.69) is 9.47 Å². The van der Waals surface area contributed by atoms with Crippen molar-refractivity contribution in [3.63, 3.8) is 0 Å². The largest absolute Gasteiger partial charge is 0.559 e. The summed E-state index contributed by atoms with van der Waals surface area (Å²) >= 11 is -0.750. The van der Waals surface area contributed by atoms with E-state index in [4.69, 9.17) is 8.42 Å². The van der Waals surface area contributed by atoms with E-state index in [0.29, 0.717) is 0 Å². The zero-order valence-electron chi connectivity index (χ0n) is 14.5. The van der Waals surface area contributed by atoms with Crippen molar-refractivity contribution in [2.24, 2.45) is 0 Å². The minimum absolute atomic E-state index is 0. The summed E-state index contributed by atoms with van der Waals surface area (Å²) in [6.07, 6.45) is -10.2.